The van der Waals surface area contributed by atoms with Gasteiger partial charge in [0.2, 0.25) is 0 Å². The van der Waals surface area contributed by atoms with Crippen LogP contribution in [0.25, 0.3) is 11.1 Å². The van der Waals surface area contributed by atoms with Crippen LogP contribution in [-0.4, -0.2) is 22.5 Å². The van der Waals surface area contributed by atoms with Gasteiger partial charge >= 0.3 is 0 Å². The molecular weight excluding hydrogens is 364 g/mol. The molecule has 7 heteroatoms. The first-order chi connectivity index (χ1) is 12.9. The molecule has 3 heterocycles. The number of rotatable bonds is 2. The van der Waals surface area contributed by atoms with Crippen LogP contribution in [0.1, 0.15) is 31.7 Å². The van der Waals surface area contributed by atoms with Crippen LogP contribution >= 0.6 is 11.6 Å². The molecule has 2 aromatic rings. The highest BCUT2D eigenvalue weighted by molar-refractivity contribution is 6.30. The van der Waals surface area contributed by atoms with Gasteiger partial charge in [0, 0.05) is 29.9 Å². The number of hydrogen-bond donors (Lipinski definition) is 2. The molecule has 0 radical (unpaired) electrons. The minimum absolute atomic E-state index is 0.154. The van der Waals surface area contributed by atoms with E-state index in [0.717, 1.165) is 29.5 Å². The second kappa shape index (κ2) is 5.45. The van der Waals surface area contributed by atoms with Crippen molar-refractivity contribution in [2.45, 2.75) is 37.3 Å². The highest BCUT2D eigenvalue weighted by Crippen LogP contribution is 2.55. The van der Waals surface area contributed by atoms with Gasteiger partial charge in [0.25, 0.3) is 5.91 Å². The van der Waals surface area contributed by atoms with Crippen LogP contribution in [0, 0.1) is 5.92 Å². The van der Waals surface area contributed by atoms with Crippen LogP contribution in [0.15, 0.2) is 41.7 Å². The van der Waals surface area contributed by atoms with Crippen molar-refractivity contribution in [2.24, 2.45) is 16.6 Å². The summed E-state index contributed by atoms with van der Waals surface area (Å²) in [6.07, 6.45) is 6.01. The van der Waals surface area contributed by atoms with Gasteiger partial charge in [-0.3, -0.25) is 15.1 Å². The third-order valence-corrected chi connectivity index (χ3v) is 5.99. The number of benzene rings is 1. The molecule has 138 valence electrons. The number of carbonyl (C=O) groups excluding carboxylic acids is 1. The van der Waals surface area contributed by atoms with Crippen LogP contribution in [0.5, 0.6) is 5.75 Å². The predicted molar refractivity (Wildman–Crippen MR) is 103 cm³/mol. The van der Waals surface area contributed by atoms with Crippen LogP contribution in [0.3, 0.4) is 0 Å². The summed E-state index contributed by atoms with van der Waals surface area (Å²) in [6.45, 7) is 2.07. The lowest BCUT2D eigenvalue weighted by atomic mass is 9.74. The van der Waals surface area contributed by atoms with E-state index in [9.17, 15) is 4.79 Å². The number of aromatic nitrogens is 1. The fourth-order valence-electron chi connectivity index (χ4n) is 4.31. The number of nitrogens with zero attached hydrogens (tertiary/aromatic N) is 2. The number of hydrogen-bond acceptors (Lipinski definition) is 5. The second-order valence-electron chi connectivity index (χ2n) is 7.78. The third-order valence-electron chi connectivity index (χ3n) is 5.78. The lowest BCUT2D eigenvalue weighted by Crippen LogP contribution is -2.51. The summed E-state index contributed by atoms with van der Waals surface area (Å²) in [5.41, 5.74) is 6.89. The Kier molecular flexibility index (Phi) is 3.35. The van der Waals surface area contributed by atoms with Gasteiger partial charge in [0.05, 0.1) is 5.02 Å². The summed E-state index contributed by atoms with van der Waals surface area (Å²) in [7, 11) is 0. The first-order valence-corrected chi connectivity index (χ1v) is 9.39. The Hall–Kier alpha value is -2.60. The van der Waals surface area contributed by atoms with E-state index in [-0.39, 0.29) is 11.9 Å². The number of ether oxygens (including phenoxy) is 1. The predicted octanol–water partition coefficient (Wildman–Crippen LogP) is 2.99. The van der Waals surface area contributed by atoms with Crippen LogP contribution in [0.2, 0.25) is 5.02 Å². The molecule has 27 heavy (non-hydrogen) atoms. The number of fused-ring (bicyclic) bond motifs is 2. The molecule has 2 aliphatic heterocycles. The largest absolute Gasteiger partial charge is 0.487 e. The van der Waals surface area contributed by atoms with Crippen molar-refractivity contribution in [3.63, 3.8) is 0 Å². The van der Waals surface area contributed by atoms with Gasteiger partial charge in [-0.2, -0.15) is 0 Å². The standard InChI is InChI=1S/C20H19ClN4O2/c1-19(13-3-4-13)10-20(17(26)24-18(22)25-20)15-7-11(2-5-16(15)27-19)12-6-14(21)9-23-8-12/h2,5-9,13H,3-4,10H2,1H3,(H3,22,24,25,26)/t19-,20+/m1/s1. The van der Waals surface area contributed by atoms with Gasteiger partial charge in [-0.15, -0.1) is 0 Å². The normalized spacial score (nSPS) is 29.1. The topological polar surface area (TPSA) is 89.6 Å². The minimum atomic E-state index is -1.06. The van der Waals surface area contributed by atoms with E-state index in [0.29, 0.717) is 23.1 Å². The van der Waals surface area contributed by atoms with Crippen molar-refractivity contribution in [1.29, 1.82) is 0 Å². The molecule has 3 aliphatic rings. The fraction of sp³-hybridized carbons (Fsp3) is 0.350. The molecule has 1 saturated carbocycles. The van der Waals surface area contributed by atoms with Crippen molar-refractivity contribution >= 4 is 23.5 Å². The summed E-state index contributed by atoms with van der Waals surface area (Å²) in [5.74, 6) is 1.07. The lowest BCUT2D eigenvalue weighted by Gasteiger charge is -2.43. The molecule has 1 fully saturated rings. The Morgan fingerprint density at radius 2 is 2.07 bits per heavy atom. The lowest BCUT2D eigenvalue weighted by molar-refractivity contribution is -0.127. The van der Waals surface area contributed by atoms with Gasteiger partial charge in [0.1, 0.15) is 11.4 Å². The van der Waals surface area contributed by atoms with E-state index in [1.807, 2.05) is 24.3 Å². The highest BCUT2D eigenvalue weighted by Gasteiger charge is 2.58. The second-order valence-corrected chi connectivity index (χ2v) is 8.22. The Morgan fingerprint density at radius 1 is 1.26 bits per heavy atom. The number of nitrogens with two attached hydrogens (primary N) is 1. The van der Waals surface area contributed by atoms with E-state index in [1.165, 1.54) is 0 Å². The van der Waals surface area contributed by atoms with Crippen molar-refractivity contribution in [3.8, 4) is 16.9 Å². The molecule has 3 N–H and O–H groups in total. The quantitative estimate of drug-likeness (QED) is 0.835. The Balaban J connectivity index is 1.69. The number of carbonyl (C=O) groups is 1. The maximum absolute atomic E-state index is 13.0. The average molecular weight is 383 g/mol. The summed E-state index contributed by atoms with van der Waals surface area (Å²) in [5, 5.41) is 3.24. The molecule has 5 rings (SSSR count). The zero-order chi connectivity index (χ0) is 18.8. The smallest absolute Gasteiger partial charge is 0.259 e. The van der Waals surface area contributed by atoms with Gasteiger partial charge in [0.15, 0.2) is 11.5 Å². The highest BCUT2D eigenvalue weighted by atomic mass is 35.5. The summed E-state index contributed by atoms with van der Waals surface area (Å²) in [6, 6.07) is 7.65. The zero-order valence-electron chi connectivity index (χ0n) is 14.8. The number of aliphatic imine (C=N–C) groups is 1. The van der Waals surface area contributed by atoms with Crippen LogP contribution < -0.4 is 15.8 Å². The third kappa shape index (κ3) is 2.51. The SMILES string of the molecule is C[C@]1(C2CC2)C[C@]2(N=C(N)NC2=O)c2cc(-c3cncc(Cl)c3)ccc2O1. The van der Waals surface area contributed by atoms with Crippen molar-refractivity contribution in [1.82, 2.24) is 10.3 Å². The number of nitrogens with one attached hydrogen (secondary N) is 1. The zero-order valence-corrected chi connectivity index (χ0v) is 15.6. The maximum atomic E-state index is 13.0. The molecule has 1 amide bonds. The Bertz CT molecular complexity index is 1000. The fourth-order valence-corrected chi connectivity index (χ4v) is 4.48. The molecule has 0 unspecified atom stereocenters. The molecule has 6 nitrogen and oxygen atoms in total. The Morgan fingerprint density at radius 3 is 2.74 bits per heavy atom. The molecular formula is C20H19ClN4O2. The van der Waals surface area contributed by atoms with Crippen molar-refractivity contribution < 1.29 is 9.53 Å². The number of amides is 1. The van der Waals surface area contributed by atoms with Gasteiger partial charge < -0.3 is 10.5 Å². The van der Waals surface area contributed by atoms with Gasteiger partial charge in [-0.25, -0.2) is 4.99 Å². The molecule has 1 aliphatic carbocycles. The Labute approximate surface area is 161 Å². The van der Waals surface area contributed by atoms with Crippen LogP contribution in [0.4, 0.5) is 0 Å². The average Bonchev–Trinajstić information content (AvgIpc) is 3.43. The number of pyridine rings is 1. The van der Waals surface area contributed by atoms with Crippen molar-refractivity contribution in [3.05, 3.63) is 47.2 Å². The van der Waals surface area contributed by atoms with E-state index in [1.54, 1.807) is 12.4 Å². The van der Waals surface area contributed by atoms with E-state index >= 15 is 0 Å². The van der Waals surface area contributed by atoms with E-state index in [2.05, 4.69) is 22.2 Å². The molecule has 2 atom stereocenters. The molecule has 0 saturated heterocycles. The maximum Gasteiger partial charge on any atom is 0.259 e. The summed E-state index contributed by atoms with van der Waals surface area (Å²) in [4.78, 5) is 21.7. The molecule has 0 bridgehead atoms. The van der Waals surface area contributed by atoms with Gasteiger partial charge in [-0.1, -0.05) is 17.7 Å². The van der Waals surface area contributed by atoms with Crippen LogP contribution in [-0.2, 0) is 10.3 Å². The molecule has 1 aromatic carbocycles. The number of guanidine groups is 1. The van der Waals surface area contributed by atoms with Crippen molar-refractivity contribution in [2.75, 3.05) is 0 Å². The number of halogens is 1. The van der Waals surface area contributed by atoms with E-state index in [4.69, 9.17) is 22.1 Å². The first-order valence-electron chi connectivity index (χ1n) is 9.01. The summed E-state index contributed by atoms with van der Waals surface area (Å²) < 4.78 is 6.40. The molecule has 1 spiro atoms. The summed E-state index contributed by atoms with van der Waals surface area (Å²) >= 11 is 6.09. The van der Waals surface area contributed by atoms with E-state index < -0.39 is 11.1 Å². The molecule has 1 aromatic heterocycles. The monoisotopic (exact) mass is 382 g/mol. The first kappa shape index (κ1) is 16.6. The minimum Gasteiger partial charge on any atom is -0.487 e. The van der Waals surface area contributed by atoms with Gasteiger partial charge in [-0.05, 0) is 49.4 Å².